The van der Waals surface area contributed by atoms with Gasteiger partial charge in [-0.1, -0.05) is 17.7 Å². The van der Waals surface area contributed by atoms with Gasteiger partial charge in [-0.3, -0.25) is 10.1 Å². The van der Waals surface area contributed by atoms with Crippen molar-refractivity contribution in [3.8, 4) is 28.5 Å². The Bertz CT molecular complexity index is 1060. The van der Waals surface area contributed by atoms with Crippen LogP contribution in [0.4, 0.5) is 5.13 Å². The molecule has 0 fully saturated rings. The highest BCUT2D eigenvalue weighted by molar-refractivity contribution is 7.14. The van der Waals surface area contributed by atoms with Crippen LogP contribution in [0.3, 0.4) is 0 Å². The number of aryl methyl sites for hydroxylation is 3. The molecule has 170 valence electrons. The third kappa shape index (κ3) is 5.22. The van der Waals surface area contributed by atoms with Gasteiger partial charge >= 0.3 is 0 Å². The first kappa shape index (κ1) is 23.6. The zero-order valence-electron chi connectivity index (χ0n) is 19.5. The quantitative estimate of drug-likeness (QED) is 0.418. The highest BCUT2D eigenvalue weighted by atomic mass is 32.1. The maximum atomic E-state index is 13.0. The Morgan fingerprint density at radius 3 is 2.00 bits per heavy atom. The largest absolute Gasteiger partial charge is 0.490 e. The van der Waals surface area contributed by atoms with Gasteiger partial charge in [-0.15, -0.1) is 11.3 Å². The number of hydrogen-bond acceptors (Lipinski definition) is 6. The molecular formula is C25H30N2O4S. The first-order chi connectivity index (χ1) is 15.4. The van der Waals surface area contributed by atoms with Crippen LogP contribution in [0.2, 0.25) is 0 Å². The van der Waals surface area contributed by atoms with Crippen LogP contribution in [-0.2, 0) is 0 Å². The molecule has 0 radical (unpaired) electrons. The van der Waals surface area contributed by atoms with E-state index in [-0.39, 0.29) is 5.91 Å². The monoisotopic (exact) mass is 454 g/mol. The van der Waals surface area contributed by atoms with Crippen LogP contribution in [-0.4, -0.2) is 30.7 Å². The molecule has 1 aromatic heterocycles. The molecule has 0 aliphatic carbocycles. The third-order valence-corrected chi connectivity index (χ3v) is 5.59. The number of nitrogens with one attached hydrogen (secondary N) is 1. The van der Waals surface area contributed by atoms with Gasteiger partial charge in [0.25, 0.3) is 5.91 Å². The number of hydrogen-bond donors (Lipinski definition) is 1. The number of ether oxygens (including phenoxy) is 3. The number of rotatable bonds is 9. The van der Waals surface area contributed by atoms with E-state index in [1.807, 2.05) is 26.2 Å². The minimum Gasteiger partial charge on any atom is -0.490 e. The van der Waals surface area contributed by atoms with Gasteiger partial charge in [0.1, 0.15) is 0 Å². The summed E-state index contributed by atoms with van der Waals surface area (Å²) in [6.45, 7) is 13.3. The summed E-state index contributed by atoms with van der Waals surface area (Å²) in [7, 11) is 0. The van der Waals surface area contributed by atoms with E-state index in [1.54, 1.807) is 12.1 Å². The van der Waals surface area contributed by atoms with Crippen molar-refractivity contribution < 1.29 is 19.0 Å². The molecule has 1 N–H and O–H groups in total. The fourth-order valence-electron chi connectivity index (χ4n) is 3.72. The molecule has 0 unspecified atom stereocenters. The Hall–Kier alpha value is -3.06. The van der Waals surface area contributed by atoms with Gasteiger partial charge in [0.15, 0.2) is 16.6 Å². The predicted molar refractivity (Wildman–Crippen MR) is 130 cm³/mol. The standard InChI is InChI=1S/C25H30N2O4S/c1-7-29-20-12-18(13-21(30-8-2)23(20)31-9-3)24(28)27-25-26-19(14-32-25)22-16(5)10-15(4)11-17(22)6/h10-14H,7-9H2,1-6H3,(H,26,27,28). The summed E-state index contributed by atoms with van der Waals surface area (Å²) in [5.41, 5.74) is 5.93. The van der Waals surface area contributed by atoms with Crippen LogP contribution < -0.4 is 19.5 Å². The van der Waals surface area contributed by atoms with Crippen LogP contribution in [0.25, 0.3) is 11.3 Å². The molecule has 3 rings (SSSR count). The first-order valence-electron chi connectivity index (χ1n) is 10.8. The molecule has 1 amide bonds. The van der Waals surface area contributed by atoms with E-state index >= 15 is 0 Å². The third-order valence-electron chi connectivity index (χ3n) is 4.83. The molecule has 0 saturated carbocycles. The van der Waals surface area contributed by atoms with E-state index in [1.165, 1.54) is 28.0 Å². The van der Waals surface area contributed by atoms with Gasteiger partial charge < -0.3 is 14.2 Å². The topological polar surface area (TPSA) is 69.7 Å². The van der Waals surface area contributed by atoms with E-state index in [0.29, 0.717) is 47.8 Å². The number of thiazole rings is 1. The van der Waals surface area contributed by atoms with E-state index in [9.17, 15) is 4.79 Å². The first-order valence-corrected chi connectivity index (χ1v) is 11.7. The molecule has 32 heavy (non-hydrogen) atoms. The molecule has 0 bridgehead atoms. The smallest absolute Gasteiger partial charge is 0.257 e. The number of aromatic nitrogens is 1. The van der Waals surface area contributed by atoms with Gasteiger partial charge in [0.2, 0.25) is 5.75 Å². The molecule has 0 aliphatic heterocycles. The number of amides is 1. The number of carbonyl (C=O) groups excluding carboxylic acids is 1. The molecule has 0 spiro atoms. The van der Waals surface area contributed by atoms with Crippen molar-refractivity contribution in [3.05, 3.63) is 51.9 Å². The van der Waals surface area contributed by atoms with Gasteiger partial charge in [-0.05, 0) is 64.8 Å². The maximum absolute atomic E-state index is 13.0. The summed E-state index contributed by atoms with van der Waals surface area (Å²) in [4.78, 5) is 17.7. The summed E-state index contributed by atoms with van der Waals surface area (Å²) < 4.78 is 17.2. The summed E-state index contributed by atoms with van der Waals surface area (Å²) in [6.07, 6.45) is 0. The highest BCUT2D eigenvalue weighted by Crippen LogP contribution is 2.39. The lowest BCUT2D eigenvalue weighted by Crippen LogP contribution is -2.13. The summed E-state index contributed by atoms with van der Waals surface area (Å²) in [5.74, 6) is 1.19. The van der Waals surface area contributed by atoms with Crippen LogP contribution >= 0.6 is 11.3 Å². The van der Waals surface area contributed by atoms with Crippen molar-refractivity contribution >= 4 is 22.4 Å². The Morgan fingerprint density at radius 2 is 1.47 bits per heavy atom. The van der Waals surface area contributed by atoms with E-state index in [0.717, 1.165) is 11.3 Å². The number of anilines is 1. The lowest BCUT2D eigenvalue weighted by Gasteiger charge is -2.16. The zero-order valence-corrected chi connectivity index (χ0v) is 20.3. The average Bonchev–Trinajstić information content (AvgIpc) is 3.17. The van der Waals surface area contributed by atoms with E-state index in [2.05, 4.69) is 43.2 Å². The second-order valence-electron chi connectivity index (χ2n) is 7.37. The summed E-state index contributed by atoms with van der Waals surface area (Å²) in [6, 6.07) is 7.64. The summed E-state index contributed by atoms with van der Waals surface area (Å²) in [5, 5.41) is 5.41. The minimum atomic E-state index is -0.284. The Labute approximate surface area is 193 Å². The summed E-state index contributed by atoms with van der Waals surface area (Å²) >= 11 is 1.40. The molecule has 0 atom stereocenters. The fraction of sp³-hybridized carbons (Fsp3) is 0.360. The Kier molecular flexibility index (Phi) is 7.75. The second-order valence-corrected chi connectivity index (χ2v) is 8.22. The molecular weight excluding hydrogens is 424 g/mol. The van der Waals surface area contributed by atoms with Crippen LogP contribution in [0.15, 0.2) is 29.6 Å². The van der Waals surface area contributed by atoms with Crippen molar-refractivity contribution in [2.45, 2.75) is 41.5 Å². The molecule has 3 aromatic rings. The number of carbonyl (C=O) groups is 1. The Morgan fingerprint density at radius 1 is 0.906 bits per heavy atom. The molecule has 2 aromatic carbocycles. The van der Waals surface area contributed by atoms with Crippen LogP contribution in [0, 0.1) is 20.8 Å². The molecule has 7 heteroatoms. The number of benzene rings is 2. The average molecular weight is 455 g/mol. The molecule has 0 saturated heterocycles. The van der Waals surface area contributed by atoms with E-state index < -0.39 is 0 Å². The zero-order chi connectivity index (χ0) is 23.3. The maximum Gasteiger partial charge on any atom is 0.257 e. The van der Waals surface area contributed by atoms with Crippen molar-refractivity contribution in [1.82, 2.24) is 4.98 Å². The minimum absolute atomic E-state index is 0.284. The van der Waals surface area contributed by atoms with Gasteiger partial charge in [0, 0.05) is 16.5 Å². The molecule has 6 nitrogen and oxygen atoms in total. The Balaban J connectivity index is 1.89. The van der Waals surface area contributed by atoms with Gasteiger partial charge in [0.05, 0.1) is 25.5 Å². The molecule has 1 heterocycles. The van der Waals surface area contributed by atoms with Crippen molar-refractivity contribution in [1.29, 1.82) is 0 Å². The van der Waals surface area contributed by atoms with Crippen LogP contribution in [0.1, 0.15) is 47.8 Å². The van der Waals surface area contributed by atoms with Crippen molar-refractivity contribution in [3.63, 3.8) is 0 Å². The van der Waals surface area contributed by atoms with Crippen molar-refractivity contribution in [2.24, 2.45) is 0 Å². The highest BCUT2D eigenvalue weighted by Gasteiger charge is 2.19. The normalized spacial score (nSPS) is 10.7. The lowest BCUT2D eigenvalue weighted by molar-refractivity contribution is 0.102. The van der Waals surface area contributed by atoms with Gasteiger partial charge in [-0.25, -0.2) is 4.98 Å². The molecule has 0 aliphatic rings. The number of nitrogens with zero attached hydrogens (tertiary/aromatic N) is 1. The fourth-order valence-corrected chi connectivity index (χ4v) is 4.42. The lowest BCUT2D eigenvalue weighted by atomic mass is 9.98. The van der Waals surface area contributed by atoms with Gasteiger partial charge in [-0.2, -0.15) is 0 Å². The predicted octanol–water partition coefficient (Wildman–Crippen LogP) is 6.18. The van der Waals surface area contributed by atoms with Crippen molar-refractivity contribution in [2.75, 3.05) is 25.1 Å². The van der Waals surface area contributed by atoms with Crippen LogP contribution in [0.5, 0.6) is 17.2 Å². The second kappa shape index (κ2) is 10.5. The SMILES string of the molecule is CCOc1cc(C(=O)Nc2nc(-c3c(C)cc(C)cc3C)cs2)cc(OCC)c1OCC. The van der Waals surface area contributed by atoms with E-state index in [4.69, 9.17) is 14.2 Å².